The lowest BCUT2D eigenvalue weighted by atomic mass is 9.99. The van der Waals surface area contributed by atoms with Gasteiger partial charge in [-0.15, -0.1) is 0 Å². The molecule has 7 atom stereocenters. The third kappa shape index (κ3) is 55.8. The first-order valence-corrected chi connectivity index (χ1v) is 38.8. The van der Waals surface area contributed by atoms with E-state index in [0.717, 1.165) is 64.2 Å². The second-order valence-electron chi connectivity index (χ2n) is 27.1. The zero-order valence-corrected chi connectivity index (χ0v) is 58.3. The molecule has 0 radical (unpaired) electrons. The quantitative estimate of drug-likeness (QED) is 0.0261. The highest BCUT2D eigenvalue weighted by Crippen LogP contribution is 2.24. The number of carbonyl (C=O) groups excluding carboxylic acids is 1. The maximum atomic E-state index is 13.2. The standard InChI is InChI=1S/C79H149NO8/c1-3-5-7-9-11-13-15-17-19-21-23-25-27-29-31-32-33-34-35-36-37-38-39-40-41-42-43-45-47-49-51-53-55-57-59-61-63-65-67-69-75(83)80-72(71-87-79-78(86)77(85)76(84)74(70-81)88-79)73(82)68-66-64-62-60-58-56-54-52-50-48-46-44-30-28-26-24-22-20-18-16-14-12-10-8-6-4-2/h5,7,11,13,17,19,23,25,72-74,76-79,81-82,84-86H,3-4,6,8-10,12,14-16,18,20-22,24,26-71H2,1-2H3,(H,80,83)/b7-5-,13-11-,19-17-,25-23-. The Morgan fingerprint density at radius 3 is 1.05 bits per heavy atom. The van der Waals surface area contributed by atoms with E-state index in [-0.39, 0.29) is 12.5 Å². The van der Waals surface area contributed by atoms with Gasteiger partial charge >= 0.3 is 0 Å². The number of aliphatic hydroxyl groups excluding tert-OH is 5. The molecule has 9 heteroatoms. The molecule has 9 nitrogen and oxygen atoms in total. The largest absolute Gasteiger partial charge is 0.394 e. The van der Waals surface area contributed by atoms with Gasteiger partial charge in [-0.25, -0.2) is 0 Å². The summed E-state index contributed by atoms with van der Waals surface area (Å²) < 4.78 is 11.4. The second kappa shape index (κ2) is 68.0. The first kappa shape index (κ1) is 84.2. The number of amides is 1. The van der Waals surface area contributed by atoms with E-state index in [1.807, 2.05) is 0 Å². The molecule has 1 amide bonds. The summed E-state index contributed by atoms with van der Waals surface area (Å²) in [5.74, 6) is -0.135. The van der Waals surface area contributed by atoms with Crippen molar-refractivity contribution >= 4 is 5.91 Å². The zero-order chi connectivity index (χ0) is 63.5. The molecule has 0 aliphatic carbocycles. The van der Waals surface area contributed by atoms with E-state index < -0.39 is 49.5 Å². The SMILES string of the molecule is CC/C=C\C/C=C\C/C=C\C/C=C\CCCCCCCCCCCCCCCCCCCCCCCCCCCCC(=O)NC(COC1OC(CO)C(O)C(O)C1O)C(O)CCCCCCCCCCCCCCCCCCCCCCCCCCCC. The van der Waals surface area contributed by atoms with Crippen LogP contribution in [-0.2, 0) is 14.3 Å². The van der Waals surface area contributed by atoms with Crippen LogP contribution < -0.4 is 5.32 Å². The first-order valence-electron chi connectivity index (χ1n) is 38.8. The highest BCUT2D eigenvalue weighted by molar-refractivity contribution is 5.76. The van der Waals surface area contributed by atoms with Gasteiger partial charge in [-0.3, -0.25) is 4.79 Å². The molecule has 518 valence electrons. The second-order valence-corrected chi connectivity index (χ2v) is 27.1. The molecule has 1 heterocycles. The fourth-order valence-corrected chi connectivity index (χ4v) is 12.7. The molecular formula is C79H149NO8. The summed E-state index contributed by atoms with van der Waals surface area (Å²) in [6, 6.07) is -0.719. The normalized spacial score (nSPS) is 18.1. The highest BCUT2D eigenvalue weighted by Gasteiger charge is 2.44. The molecule has 7 unspecified atom stereocenters. The van der Waals surface area contributed by atoms with Crippen LogP contribution in [0.15, 0.2) is 48.6 Å². The maximum Gasteiger partial charge on any atom is 0.220 e. The summed E-state index contributed by atoms with van der Waals surface area (Å²) in [6.07, 6.45) is 86.4. The van der Waals surface area contributed by atoms with Gasteiger partial charge in [-0.05, 0) is 51.4 Å². The van der Waals surface area contributed by atoms with Gasteiger partial charge in [-0.2, -0.15) is 0 Å². The van der Waals surface area contributed by atoms with Gasteiger partial charge in [0.15, 0.2) is 6.29 Å². The van der Waals surface area contributed by atoms with Gasteiger partial charge in [0, 0.05) is 6.42 Å². The predicted molar refractivity (Wildman–Crippen MR) is 378 cm³/mol. The summed E-state index contributed by atoms with van der Waals surface area (Å²) in [5.41, 5.74) is 0. The number of unbranched alkanes of at least 4 members (excludes halogenated alkanes) is 51. The Balaban J connectivity index is 2.04. The number of carbonyl (C=O) groups is 1. The van der Waals surface area contributed by atoms with Crippen LogP contribution in [0.3, 0.4) is 0 Å². The molecule has 6 N–H and O–H groups in total. The van der Waals surface area contributed by atoms with Crippen molar-refractivity contribution in [2.24, 2.45) is 0 Å². The van der Waals surface area contributed by atoms with Crippen molar-refractivity contribution in [3.8, 4) is 0 Å². The number of aliphatic hydroxyl groups is 5. The maximum absolute atomic E-state index is 13.2. The summed E-state index contributed by atoms with van der Waals surface area (Å²) in [6.45, 7) is 3.79. The molecule has 0 aromatic carbocycles. The van der Waals surface area contributed by atoms with E-state index in [9.17, 15) is 30.3 Å². The van der Waals surface area contributed by atoms with Crippen molar-refractivity contribution in [3.05, 3.63) is 48.6 Å². The topological polar surface area (TPSA) is 149 Å². The van der Waals surface area contributed by atoms with Crippen LogP contribution in [0.5, 0.6) is 0 Å². The van der Waals surface area contributed by atoms with Crippen molar-refractivity contribution in [1.82, 2.24) is 5.32 Å². The minimum atomic E-state index is -1.55. The van der Waals surface area contributed by atoms with E-state index >= 15 is 0 Å². The molecule has 0 aromatic heterocycles. The van der Waals surface area contributed by atoms with Crippen LogP contribution in [0, 0.1) is 0 Å². The number of ether oxygens (including phenoxy) is 2. The minimum Gasteiger partial charge on any atom is -0.394 e. The van der Waals surface area contributed by atoms with Crippen LogP contribution in [0.2, 0.25) is 0 Å². The predicted octanol–water partition coefficient (Wildman–Crippen LogP) is 21.9. The fraction of sp³-hybridized carbons (Fsp3) is 0.886. The van der Waals surface area contributed by atoms with Gasteiger partial charge < -0.3 is 40.3 Å². The van der Waals surface area contributed by atoms with Crippen molar-refractivity contribution in [2.45, 2.75) is 436 Å². The molecule has 0 aromatic rings. The van der Waals surface area contributed by atoms with E-state index in [1.54, 1.807) is 0 Å². The Labute approximate surface area is 545 Å². The van der Waals surface area contributed by atoms with Crippen LogP contribution in [0.25, 0.3) is 0 Å². The molecule has 1 aliphatic heterocycles. The molecular weight excluding hydrogens is 1090 g/mol. The van der Waals surface area contributed by atoms with Gasteiger partial charge in [0.1, 0.15) is 24.4 Å². The molecule has 0 spiro atoms. The van der Waals surface area contributed by atoms with Crippen molar-refractivity contribution < 1.29 is 39.8 Å². The highest BCUT2D eigenvalue weighted by atomic mass is 16.7. The molecule has 0 saturated carbocycles. The third-order valence-electron chi connectivity index (χ3n) is 18.7. The Kier molecular flexibility index (Phi) is 65.1. The average Bonchev–Trinajstić information content (AvgIpc) is 3.65. The molecule has 1 aliphatic rings. The Morgan fingerprint density at radius 1 is 0.398 bits per heavy atom. The Morgan fingerprint density at radius 2 is 0.705 bits per heavy atom. The summed E-state index contributed by atoms with van der Waals surface area (Å²) >= 11 is 0. The lowest BCUT2D eigenvalue weighted by molar-refractivity contribution is -0.302. The molecule has 0 bridgehead atoms. The zero-order valence-electron chi connectivity index (χ0n) is 58.3. The summed E-state index contributed by atoms with van der Waals surface area (Å²) in [7, 11) is 0. The van der Waals surface area contributed by atoms with Crippen molar-refractivity contribution in [2.75, 3.05) is 13.2 Å². The van der Waals surface area contributed by atoms with Gasteiger partial charge in [0.2, 0.25) is 5.91 Å². The van der Waals surface area contributed by atoms with Crippen LogP contribution >= 0.6 is 0 Å². The van der Waals surface area contributed by atoms with Gasteiger partial charge in [-0.1, -0.05) is 383 Å². The minimum absolute atomic E-state index is 0.133. The van der Waals surface area contributed by atoms with E-state index in [4.69, 9.17) is 9.47 Å². The Hall–Kier alpha value is -1.85. The summed E-state index contributed by atoms with van der Waals surface area (Å²) in [4.78, 5) is 13.2. The number of nitrogens with one attached hydrogen (secondary N) is 1. The number of hydrogen-bond donors (Lipinski definition) is 6. The van der Waals surface area contributed by atoms with Crippen LogP contribution in [0.1, 0.15) is 393 Å². The van der Waals surface area contributed by atoms with Gasteiger partial charge in [0.05, 0.1) is 25.4 Å². The number of allylic oxidation sites excluding steroid dienone is 8. The third-order valence-corrected chi connectivity index (χ3v) is 18.7. The van der Waals surface area contributed by atoms with E-state index in [1.165, 1.54) is 302 Å². The van der Waals surface area contributed by atoms with E-state index in [0.29, 0.717) is 12.8 Å². The monoisotopic (exact) mass is 1240 g/mol. The molecule has 1 fully saturated rings. The van der Waals surface area contributed by atoms with E-state index in [2.05, 4.69) is 67.8 Å². The number of hydrogen-bond acceptors (Lipinski definition) is 8. The van der Waals surface area contributed by atoms with Crippen molar-refractivity contribution in [3.63, 3.8) is 0 Å². The van der Waals surface area contributed by atoms with Crippen LogP contribution in [-0.4, -0.2) is 87.5 Å². The molecule has 1 rings (SSSR count). The Bertz CT molecular complexity index is 1530. The number of rotatable bonds is 69. The smallest absolute Gasteiger partial charge is 0.220 e. The molecule has 1 saturated heterocycles. The average molecular weight is 1240 g/mol. The lowest BCUT2D eigenvalue weighted by Gasteiger charge is -2.40. The van der Waals surface area contributed by atoms with Crippen molar-refractivity contribution in [1.29, 1.82) is 0 Å². The lowest BCUT2D eigenvalue weighted by Crippen LogP contribution is -2.60. The van der Waals surface area contributed by atoms with Crippen LogP contribution in [0.4, 0.5) is 0 Å². The van der Waals surface area contributed by atoms with Gasteiger partial charge in [0.25, 0.3) is 0 Å². The molecule has 88 heavy (non-hydrogen) atoms. The summed E-state index contributed by atoms with van der Waals surface area (Å²) in [5, 5.41) is 55.1. The fourth-order valence-electron chi connectivity index (χ4n) is 12.7. The first-order chi connectivity index (χ1) is 43.3.